The van der Waals surface area contributed by atoms with Crippen LogP contribution in [0.4, 0.5) is 0 Å². The van der Waals surface area contributed by atoms with E-state index in [0.717, 1.165) is 80.5 Å². The summed E-state index contributed by atoms with van der Waals surface area (Å²) >= 11 is 0. The highest BCUT2D eigenvalue weighted by Crippen LogP contribution is 2.50. The van der Waals surface area contributed by atoms with E-state index in [4.69, 9.17) is 19.7 Å². The van der Waals surface area contributed by atoms with Crippen LogP contribution < -0.4 is 0 Å². The fourth-order valence-corrected chi connectivity index (χ4v) is 7.08. The van der Waals surface area contributed by atoms with Gasteiger partial charge in [-0.05, 0) is 97.3 Å². The Hall–Kier alpha value is -4.06. The lowest BCUT2D eigenvalue weighted by Gasteiger charge is -2.19. The number of aliphatic hydroxyl groups excluding tert-OH is 1. The molecule has 0 radical (unpaired) electrons. The summed E-state index contributed by atoms with van der Waals surface area (Å²) in [6.45, 7) is 14.7. The third kappa shape index (κ3) is 4.23. The van der Waals surface area contributed by atoms with Gasteiger partial charge in [0.15, 0.2) is 0 Å². The Labute approximate surface area is 242 Å². The molecule has 0 unspecified atom stereocenters. The van der Waals surface area contributed by atoms with Gasteiger partial charge < -0.3 is 9.84 Å². The molecule has 0 aromatic heterocycles. The number of ether oxygens (including phenoxy) is 1. The van der Waals surface area contributed by atoms with Crippen LogP contribution in [0.25, 0.3) is 0 Å². The van der Waals surface area contributed by atoms with Gasteiger partial charge in [-0.25, -0.2) is 9.98 Å². The molecule has 0 amide bonds. The molecule has 0 aromatic rings. The SMILES string of the molecule is C=CC1=C(C)C2=NC1=CC1=NC(=CC3=C(C)C4=C(O)CC(=C4C3)C3=NC(=C2)[C@@H](C)[C@@H]3CCC(=O)OC)C(CC)=C1C. The van der Waals surface area contributed by atoms with Gasteiger partial charge in [-0.3, -0.25) is 9.79 Å². The molecule has 1 N–H and O–H groups in total. The molecular weight excluding hydrogens is 510 g/mol. The molecular formula is C35H37N3O3. The Morgan fingerprint density at radius 3 is 2.46 bits per heavy atom. The van der Waals surface area contributed by atoms with Crippen molar-refractivity contribution >= 4 is 23.1 Å². The van der Waals surface area contributed by atoms with Crippen LogP contribution in [0.3, 0.4) is 0 Å². The Kier molecular flexibility index (Phi) is 6.68. The average molecular weight is 548 g/mol. The third-order valence-corrected chi connectivity index (χ3v) is 9.51. The number of allylic oxidation sites excluding steroid dienone is 13. The fraction of sp³-hybridized carbons (Fsp3) is 0.371. The summed E-state index contributed by atoms with van der Waals surface area (Å²) in [7, 11) is 1.43. The van der Waals surface area contributed by atoms with Crippen molar-refractivity contribution in [3.05, 3.63) is 104 Å². The number of aliphatic imine (C=N–C) groups is 3. The van der Waals surface area contributed by atoms with Crippen LogP contribution in [0.15, 0.2) is 119 Å². The molecule has 4 aliphatic heterocycles. The zero-order valence-electron chi connectivity index (χ0n) is 24.8. The number of esters is 1. The van der Waals surface area contributed by atoms with Crippen LogP contribution in [0, 0.1) is 11.8 Å². The lowest BCUT2D eigenvalue weighted by molar-refractivity contribution is -0.140. The minimum Gasteiger partial charge on any atom is -0.511 e. The predicted octanol–water partition coefficient (Wildman–Crippen LogP) is 7.68. The second-order valence-electron chi connectivity index (χ2n) is 11.6. The third-order valence-electron chi connectivity index (χ3n) is 9.51. The normalized spacial score (nSPS) is 25.1. The van der Waals surface area contributed by atoms with E-state index in [1.807, 2.05) is 6.08 Å². The van der Waals surface area contributed by atoms with E-state index in [2.05, 4.69) is 59.4 Å². The number of aliphatic hydroxyl groups is 1. The first kappa shape index (κ1) is 27.1. The van der Waals surface area contributed by atoms with E-state index in [0.29, 0.717) is 25.0 Å². The highest BCUT2D eigenvalue weighted by Gasteiger charge is 2.41. The zero-order valence-corrected chi connectivity index (χ0v) is 24.8. The van der Waals surface area contributed by atoms with Gasteiger partial charge in [0.25, 0.3) is 0 Å². The molecule has 6 heteroatoms. The number of fused-ring (bicyclic) bond motifs is 5. The Morgan fingerprint density at radius 1 is 1.02 bits per heavy atom. The van der Waals surface area contributed by atoms with Crippen LogP contribution in [0.5, 0.6) is 0 Å². The Balaban J connectivity index is 1.58. The Bertz CT molecular complexity index is 1670. The number of carbonyl (C=O) groups excluding carboxylic acids is 1. The molecule has 41 heavy (non-hydrogen) atoms. The number of rotatable bonds is 5. The van der Waals surface area contributed by atoms with Gasteiger partial charge in [-0.1, -0.05) is 26.5 Å². The summed E-state index contributed by atoms with van der Waals surface area (Å²) < 4.78 is 4.98. The summed E-state index contributed by atoms with van der Waals surface area (Å²) in [5.74, 6) is 0.297. The molecule has 0 spiro atoms. The summed E-state index contributed by atoms with van der Waals surface area (Å²) in [4.78, 5) is 27.6. The van der Waals surface area contributed by atoms with Gasteiger partial charge in [0, 0.05) is 47.2 Å². The van der Waals surface area contributed by atoms with Crippen molar-refractivity contribution in [2.75, 3.05) is 7.11 Å². The number of methoxy groups -OCH3 is 1. The van der Waals surface area contributed by atoms with Crippen molar-refractivity contribution in [1.82, 2.24) is 0 Å². The van der Waals surface area contributed by atoms with E-state index in [-0.39, 0.29) is 17.8 Å². The van der Waals surface area contributed by atoms with Crippen molar-refractivity contribution in [3.8, 4) is 0 Å². The lowest BCUT2D eigenvalue weighted by atomic mass is 9.82. The maximum absolute atomic E-state index is 12.2. The van der Waals surface area contributed by atoms with Crippen LogP contribution >= 0.6 is 0 Å². The van der Waals surface area contributed by atoms with E-state index >= 15 is 0 Å². The molecule has 2 atom stereocenters. The molecule has 8 bridgehead atoms. The second kappa shape index (κ2) is 10.1. The van der Waals surface area contributed by atoms with Gasteiger partial charge >= 0.3 is 5.97 Å². The molecule has 0 saturated carbocycles. The first-order valence-corrected chi connectivity index (χ1v) is 14.5. The number of nitrogens with zero attached hydrogens (tertiary/aromatic N) is 3. The number of hydrogen-bond acceptors (Lipinski definition) is 6. The van der Waals surface area contributed by atoms with Crippen molar-refractivity contribution in [2.24, 2.45) is 26.8 Å². The summed E-state index contributed by atoms with van der Waals surface area (Å²) in [6.07, 6.45) is 11.3. The van der Waals surface area contributed by atoms with Gasteiger partial charge in [0.1, 0.15) is 5.76 Å². The molecule has 2 aliphatic carbocycles. The largest absolute Gasteiger partial charge is 0.511 e. The van der Waals surface area contributed by atoms with E-state index < -0.39 is 0 Å². The molecule has 0 fully saturated rings. The van der Waals surface area contributed by atoms with Crippen LogP contribution in [0.2, 0.25) is 0 Å². The van der Waals surface area contributed by atoms with Gasteiger partial charge in [-0.15, -0.1) is 0 Å². The second-order valence-corrected chi connectivity index (χ2v) is 11.6. The quantitative estimate of drug-likeness (QED) is 0.358. The van der Waals surface area contributed by atoms with E-state index in [9.17, 15) is 9.90 Å². The topological polar surface area (TPSA) is 83.6 Å². The standard InChI is InChI=1S/C35H37N3O3/c1-8-22-18(4)28-16-31-23(9-2)19(5)27(37-31)15-29-20(6)24(10-11-33(40)41-7)35(38-29)26-14-32(39)34-17(3)21(12-25(26)34)13-30(22)36-28/h9,13,15-16,20,24,39H,2,8,10-12,14H2,1,3-7H3/t20-,24-/m0/s1. The summed E-state index contributed by atoms with van der Waals surface area (Å²) in [6, 6.07) is 0. The van der Waals surface area contributed by atoms with Crippen LogP contribution in [0.1, 0.15) is 66.7 Å². The minimum absolute atomic E-state index is 0.0346. The molecule has 6 rings (SSSR count). The fourth-order valence-electron chi connectivity index (χ4n) is 7.08. The van der Waals surface area contributed by atoms with Crippen molar-refractivity contribution in [3.63, 3.8) is 0 Å². The average Bonchev–Trinajstić information content (AvgIpc) is 3.70. The molecule has 6 aliphatic rings. The maximum atomic E-state index is 12.2. The van der Waals surface area contributed by atoms with Crippen molar-refractivity contribution in [1.29, 1.82) is 0 Å². The first-order chi connectivity index (χ1) is 19.7. The van der Waals surface area contributed by atoms with Gasteiger partial charge in [0.2, 0.25) is 0 Å². The smallest absolute Gasteiger partial charge is 0.305 e. The highest BCUT2D eigenvalue weighted by atomic mass is 16.5. The van der Waals surface area contributed by atoms with Gasteiger partial charge in [-0.2, -0.15) is 0 Å². The van der Waals surface area contributed by atoms with Crippen molar-refractivity contribution < 1.29 is 14.6 Å². The Morgan fingerprint density at radius 2 is 1.76 bits per heavy atom. The molecule has 0 saturated heterocycles. The predicted molar refractivity (Wildman–Crippen MR) is 165 cm³/mol. The van der Waals surface area contributed by atoms with Gasteiger partial charge in [0.05, 0.1) is 29.9 Å². The van der Waals surface area contributed by atoms with Crippen LogP contribution in [-0.4, -0.2) is 35.3 Å². The summed E-state index contributed by atoms with van der Waals surface area (Å²) in [5, 5.41) is 11.2. The molecule has 4 heterocycles. The number of carbonyl (C=O) groups is 1. The summed E-state index contributed by atoms with van der Waals surface area (Å²) in [5.41, 5.74) is 15.5. The minimum atomic E-state index is -0.221. The molecule has 0 aromatic carbocycles. The highest BCUT2D eigenvalue weighted by molar-refractivity contribution is 6.17. The van der Waals surface area contributed by atoms with E-state index in [1.54, 1.807) is 0 Å². The zero-order chi connectivity index (χ0) is 29.2. The number of hydrogen-bond donors (Lipinski definition) is 1. The first-order valence-electron chi connectivity index (χ1n) is 14.5. The van der Waals surface area contributed by atoms with E-state index in [1.165, 1.54) is 23.8 Å². The molecule has 210 valence electrons. The van der Waals surface area contributed by atoms with Crippen molar-refractivity contribution in [2.45, 2.75) is 66.7 Å². The monoisotopic (exact) mass is 547 g/mol. The lowest BCUT2D eigenvalue weighted by Crippen LogP contribution is -2.20. The maximum Gasteiger partial charge on any atom is 0.305 e. The van der Waals surface area contributed by atoms with Crippen LogP contribution in [-0.2, 0) is 9.53 Å². The molecule has 6 nitrogen and oxygen atoms in total.